The summed E-state index contributed by atoms with van der Waals surface area (Å²) >= 11 is 0. The first-order valence-corrected chi connectivity index (χ1v) is 15.2. The van der Waals surface area contributed by atoms with Gasteiger partial charge in [0.25, 0.3) is 0 Å². The third-order valence-corrected chi connectivity index (χ3v) is 8.29. The Morgan fingerprint density at radius 3 is 2.84 bits per heavy atom. The molecule has 0 saturated carbocycles. The van der Waals surface area contributed by atoms with Crippen LogP contribution in [0, 0.1) is 25.7 Å². The van der Waals surface area contributed by atoms with Crippen molar-refractivity contribution >= 4 is 34.1 Å². The number of aromatic nitrogens is 4. The summed E-state index contributed by atoms with van der Waals surface area (Å²) in [5.41, 5.74) is 4.20. The molecule has 4 aromatic rings. The highest BCUT2D eigenvalue weighted by Gasteiger charge is 2.34. The molecule has 10 heteroatoms. The van der Waals surface area contributed by atoms with Crippen molar-refractivity contribution in [2.24, 2.45) is 11.8 Å². The molecule has 2 aliphatic rings. The van der Waals surface area contributed by atoms with Crippen LogP contribution in [0.2, 0.25) is 0 Å². The molecular weight excluding hydrogens is 554 g/mol. The number of pyridine rings is 2. The Kier molecular flexibility index (Phi) is 8.70. The van der Waals surface area contributed by atoms with Crippen molar-refractivity contribution < 1.29 is 14.3 Å². The van der Waals surface area contributed by atoms with Crippen LogP contribution in [0.3, 0.4) is 0 Å². The van der Waals surface area contributed by atoms with Crippen LogP contribution >= 0.6 is 0 Å². The highest BCUT2D eigenvalue weighted by atomic mass is 16.5. The molecule has 228 valence electrons. The van der Waals surface area contributed by atoms with Gasteiger partial charge in [-0.3, -0.25) is 9.78 Å². The third-order valence-electron chi connectivity index (χ3n) is 8.29. The van der Waals surface area contributed by atoms with Crippen molar-refractivity contribution in [3.63, 3.8) is 0 Å². The van der Waals surface area contributed by atoms with Gasteiger partial charge in [0.05, 0.1) is 18.3 Å². The van der Waals surface area contributed by atoms with Crippen LogP contribution in [0.4, 0.5) is 17.3 Å². The SMILES string of the molecule is Cc1ccc(Oc2ccc(Nc3ncnc4cc5c(nc34)N3CCC(CCC(=O)/C=C/CN(C)C)[C@H](CO5)C3)cc2C)cn1. The summed E-state index contributed by atoms with van der Waals surface area (Å²) in [6, 6.07) is 11.7. The van der Waals surface area contributed by atoms with Crippen molar-refractivity contribution in [2.75, 3.05) is 50.6 Å². The number of carbonyl (C=O) groups is 1. The number of rotatable bonds is 10. The molecule has 44 heavy (non-hydrogen) atoms. The van der Waals surface area contributed by atoms with E-state index in [4.69, 9.17) is 14.5 Å². The van der Waals surface area contributed by atoms with Crippen molar-refractivity contribution in [1.82, 2.24) is 24.8 Å². The molecule has 0 aliphatic carbocycles. The largest absolute Gasteiger partial charge is 0.489 e. The number of ketones is 1. The Labute approximate surface area is 258 Å². The molecule has 2 bridgehead atoms. The maximum atomic E-state index is 12.4. The van der Waals surface area contributed by atoms with E-state index in [-0.39, 0.29) is 5.78 Å². The fourth-order valence-corrected chi connectivity index (χ4v) is 5.85. The van der Waals surface area contributed by atoms with Crippen LogP contribution in [0.5, 0.6) is 17.2 Å². The number of hydrogen-bond donors (Lipinski definition) is 1. The second kappa shape index (κ2) is 13.0. The zero-order valence-corrected chi connectivity index (χ0v) is 25.8. The average Bonchev–Trinajstić information content (AvgIpc) is 3.14. The monoisotopic (exact) mass is 593 g/mol. The minimum atomic E-state index is 0.194. The van der Waals surface area contributed by atoms with Gasteiger partial charge in [-0.25, -0.2) is 15.0 Å². The van der Waals surface area contributed by atoms with Gasteiger partial charge in [-0.2, -0.15) is 0 Å². The number of aryl methyl sites for hydroxylation is 2. The quantitative estimate of drug-likeness (QED) is 0.224. The number of likely N-dealkylation sites (N-methyl/N-ethyl adjacent to an activating group) is 1. The minimum absolute atomic E-state index is 0.194. The van der Waals surface area contributed by atoms with Crippen LogP contribution in [-0.2, 0) is 4.79 Å². The van der Waals surface area contributed by atoms with E-state index in [0.717, 1.165) is 66.7 Å². The molecule has 3 aromatic heterocycles. The number of nitrogens with zero attached hydrogens (tertiary/aromatic N) is 6. The zero-order chi connectivity index (χ0) is 30.6. The third kappa shape index (κ3) is 6.81. The Hall–Kier alpha value is -4.57. The molecule has 1 aromatic carbocycles. The summed E-state index contributed by atoms with van der Waals surface area (Å²) in [5, 5.41) is 3.44. The summed E-state index contributed by atoms with van der Waals surface area (Å²) in [7, 11) is 3.99. The Bertz CT molecular complexity index is 1670. The lowest BCUT2D eigenvalue weighted by Crippen LogP contribution is -2.41. The van der Waals surface area contributed by atoms with Crippen LogP contribution in [0.25, 0.3) is 11.0 Å². The molecule has 6 rings (SSSR count). The van der Waals surface area contributed by atoms with Gasteiger partial charge in [-0.1, -0.05) is 6.08 Å². The molecule has 1 saturated heterocycles. The molecular formula is C34H39N7O3. The minimum Gasteiger partial charge on any atom is -0.489 e. The summed E-state index contributed by atoms with van der Waals surface area (Å²) in [6.45, 7) is 7.06. The fraction of sp³-hybridized carbons (Fsp3) is 0.382. The molecule has 0 spiro atoms. The number of carbonyl (C=O) groups excluding carboxylic acids is 1. The van der Waals surface area contributed by atoms with Crippen LogP contribution < -0.4 is 19.7 Å². The van der Waals surface area contributed by atoms with Crippen molar-refractivity contribution in [2.45, 2.75) is 33.1 Å². The van der Waals surface area contributed by atoms with E-state index in [1.165, 1.54) is 0 Å². The topological polar surface area (TPSA) is 106 Å². The van der Waals surface area contributed by atoms with Gasteiger partial charge in [0, 0.05) is 49.4 Å². The smallest absolute Gasteiger partial charge is 0.172 e. The molecule has 1 unspecified atom stereocenters. The summed E-state index contributed by atoms with van der Waals surface area (Å²) < 4.78 is 12.4. The van der Waals surface area contributed by atoms with E-state index < -0.39 is 0 Å². The predicted octanol–water partition coefficient (Wildman–Crippen LogP) is 5.87. The summed E-state index contributed by atoms with van der Waals surface area (Å²) in [6.07, 6.45) is 9.39. The van der Waals surface area contributed by atoms with Gasteiger partial charge in [-0.05, 0) is 88.7 Å². The lowest BCUT2D eigenvalue weighted by molar-refractivity contribution is -0.115. The number of piperidine rings is 1. The maximum absolute atomic E-state index is 12.4. The lowest BCUT2D eigenvalue weighted by Gasteiger charge is -2.36. The second-order valence-electron chi connectivity index (χ2n) is 12.0. The first-order valence-electron chi connectivity index (χ1n) is 15.2. The second-order valence-corrected chi connectivity index (χ2v) is 12.0. The van der Waals surface area contributed by atoms with Gasteiger partial charge in [-0.15, -0.1) is 0 Å². The number of fused-ring (bicyclic) bond motifs is 5. The molecule has 2 atom stereocenters. The van der Waals surface area contributed by atoms with Crippen molar-refractivity contribution in [1.29, 1.82) is 0 Å². The standard InChI is InChI=1S/C34H39N7O3/c1-22-16-26(9-12-30(22)44-28-11-7-23(2)35-18-28)38-33-32-29(36-21-37-33)17-31-34(39-32)41-15-13-24(25(19-41)20-43-31)8-10-27(42)6-5-14-40(3)4/h5-7,9,11-12,16-18,21,24-25H,8,10,13-15,19-20H2,1-4H3,(H,36,37,38)/b6-5+/t24?,25-/m0/s1. The first-order chi connectivity index (χ1) is 21.3. The maximum Gasteiger partial charge on any atom is 0.172 e. The Morgan fingerprint density at radius 2 is 2.05 bits per heavy atom. The lowest BCUT2D eigenvalue weighted by atomic mass is 9.82. The van der Waals surface area contributed by atoms with Crippen molar-refractivity contribution in [3.8, 4) is 17.2 Å². The average molecular weight is 594 g/mol. The number of benzene rings is 1. The molecule has 10 nitrogen and oxygen atoms in total. The number of ether oxygens (including phenoxy) is 2. The molecule has 0 amide bonds. The summed E-state index contributed by atoms with van der Waals surface area (Å²) in [5.74, 6) is 4.63. The highest BCUT2D eigenvalue weighted by molar-refractivity contribution is 5.90. The number of nitrogens with one attached hydrogen (secondary N) is 1. The molecule has 1 N–H and O–H groups in total. The Morgan fingerprint density at radius 1 is 1.16 bits per heavy atom. The fourth-order valence-electron chi connectivity index (χ4n) is 5.85. The van der Waals surface area contributed by atoms with Crippen LogP contribution in [0.15, 0.2) is 61.1 Å². The number of hydrogen-bond acceptors (Lipinski definition) is 10. The molecule has 1 fully saturated rings. The molecule has 0 radical (unpaired) electrons. The van der Waals surface area contributed by atoms with Crippen LogP contribution in [0.1, 0.15) is 30.5 Å². The van der Waals surface area contributed by atoms with E-state index in [2.05, 4.69) is 25.2 Å². The van der Waals surface area contributed by atoms with E-state index in [0.29, 0.717) is 47.5 Å². The van der Waals surface area contributed by atoms with E-state index >= 15 is 0 Å². The van der Waals surface area contributed by atoms with Gasteiger partial charge in [0.15, 0.2) is 23.2 Å². The molecule has 5 heterocycles. The summed E-state index contributed by atoms with van der Waals surface area (Å²) in [4.78, 5) is 35.2. The number of anilines is 3. The zero-order valence-electron chi connectivity index (χ0n) is 25.8. The van der Waals surface area contributed by atoms with Gasteiger partial charge in [0.1, 0.15) is 23.3 Å². The van der Waals surface area contributed by atoms with Crippen LogP contribution in [-0.4, -0.2) is 71.0 Å². The normalized spacial score (nSPS) is 17.8. The van der Waals surface area contributed by atoms with Gasteiger partial charge in [0.2, 0.25) is 0 Å². The van der Waals surface area contributed by atoms with Gasteiger partial charge >= 0.3 is 0 Å². The predicted molar refractivity (Wildman–Crippen MR) is 172 cm³/mol. The van der Waals surface area contributed by atoms with Crippen molar-refractivity contribution in [3.05, 3.63) is 72.3 Å². The van der Waals surface area contributed by atoms with E-state index in [9.17, 15) is 4.79 Å². The Balaban J connectivity index is 1.16. The number of allylic oxidation sites excluding steroid dienone is 1. The van der Waals surface area contributed by atoms with E-state index in [1.54, 1.807) is 18.6 Å². The molecule has 2 aliphatic heterocycles. The highest BCUT2D eigenvalue weighted by Crippen LogP contribution is 2.40. The van der Waals surface area contributed by atoms with Gasteiger partial charge < -0.3 is 24.6 Å². The van der Waals surface area contributed by atoms with E-state index in [1.807, 2.05) is 75.3 Å². The first kappa shape index (κ1) is 29.5.